The van der Waals surface area contributed by atoms with E-state index >= 15 is 0 Å². The maximum Gasteiger partial charge on any atom is 0.127 e. The lowest BCUT2D eigenvalue weighted by molar-refractivity contribution is 0.0953. The Kier molecular flexibility index (Phi) is 5.82. The smallest absolute Gasteiger partial charge is 0.127 e. The summed E-state index contributed by atoms with van der Waals surface area (Å²) in [6.07, 6.45) is 3.03. The Balaban J connectivity index is 2.10. The molecule has 1 aliphatic rings. The Hall–Kier alpha value is -0.640. The standard InChI is InChI=1S/C16H23ClFNO/c1-3-7-19-16(14-6-8-20-11(14)2)9-12-4-5-13(17)10-15(12)18/h4-5,10-11,14,16,19H,3,6-9H2,1-2H3. The molecule has 3 atom stereocenters. The zero-order valence-corrected chi connectivity index (χ0v) is 12.9. The molecular weight excluding hydrogens is 277 g/mol. The predicted octanol–water partition coefficient (Wildman–Crippen LogP) is 3.81. The lowest BCUT2D eigenvalue weighted by atomic mass is 9.88. The van der Waals surface area contributed by atoms with Gasteiger partial charge >= 0.3 is 0 Å². The minimum Gasteiger partial charge on any atom is -0.378 e. The van der Waals surface area contributed by atoms with Gasteiger partial charge in [0.1, 0.15) is 5.82 Å². The molecule has 4 heteroatoms. The minimum absolute atomic E-state index is 0.215. The van der Waals surface area contributed by atoms with Crippen molar-refractivity contribution in [2.24, 2.45) is 5.92 Å². The summed E-state index contributed by atoms with van der Waals surface area (Å²) in [6.45, 7) is 6.00. The van der Waals surface area contributed by atoms with Gasteiger partial charge in [-0.3, -0.25) is 0 Å². The van der Waals surface area contributed by atoms with Gasteiger partial charge in [0.25, 0.3) is 0 Å². The van der Waals surface area contributed by atoms with Gasteiger partial charge in [-0.2, -0.15) is 0 Å². The van der Waals surface area contributed by atoms with Crippen molar-refractivity contribution in [3.8, 4) is 0 Å². The fourth-order valence-electron chi connectivity index (χ4n) is 2.91. The Bertz CT molecular complexity index is 440. The molecule has 2 rings (SSSR count). The molecule has 1 saturated heterocycles. The van der Waals surface area contributed by atoms with Gasteiger partial charge in [-0.1, -0.05) is 24.6 Å². The largest absolute Gasteiger partial charge is 0.378 e. The van der Waals surface area contributed by atoms with Crippen molar-refractivity contribution in [2.45, 2.75) is 45.3 Å². The Labute approximate surface area is 125 Å². The monoisotopic (exact) mass is 299 g/mol. The van der Waals surface area contributed by atoms with Gasteiger partial charge in [0, 0.05) is 23.6 Å². The number of nitrogens with one attached hydrogen (secondary N) is 1. The summed E-state index contributed by atoms with van der Waals surface area (Å²) in [4.78, 5) is 0. The van der Waals surface area contributed by atoms with Crippen LogP contribution in [0.4, 0.5) is 4.39 Å². The number of halogens is 2. The van der Waals surface area contributed by atoms with E-state index in [1.54, 1.807) is 12.1 Å². The van der Waals surface area contributed by atoms with E-state index in [1.807, 2.05) is 0 Å². The Morgan fingerprint density at radius 3 is 2.90 bits per heavy atom. The summed E-state index contributed by atoms with van der Waals surface area (Å²) in [5.74, 6) is 0.226. The van der Waals surface area contributed by atoms with E-state index in [9.17, 15) is 4.39 Å². The zero-order chi connectivity index (χ0) is 14.5. The first kappa shape index (κ1) is 15.7. The van der Waals surface area contributed by atoms with E-state index < -0.39 is 0 Å². The highest BCUT2D eigenvalue weighted by Gasteiger charge is 2.31. The number of hydrogen-bond acceptors (Lipinski definition) is 2. The van der Waals surface area contributed by atoms with Crippen LogP contribution < -0.4 is 5.32 Å². The van der Waals surface area contributed by atoms with E-state index in [2.05, 4.69) is 19.2 Å². The molecule has 0 radical (unpaired) electrons. The second-order valence-corrected chi connectivity index (χ2v) is 5.97. The summed E-state index contributed by atoms with van der Waals surface area (Å²) in [7, 11) is 0. The molecule has 1 N–H and O–H groups in total. The summed E-state index contributed by atoms with van der Waals surface area (Å²) < 4.78 is 19.6. The van der Waals surface area contributed by atoms with Crippen LogP contribution in [-0.2, 0) is 11.2 Å². The van der Waals surface area contributed by atoms with Gasteiger partial charge in [-0.05, 0) is 50.4 Å². The topological polar surface area (TPSA) is 21.3 Å². The van der Waals surface area contributed by atoms with Crippen molar-refractivity contribution in [1.29, 1.82) is 0 Å². The van der Waals surface area contributed by atoms with Gasteiger partial charge in [0.2, 0.25) is 0 Å². The molecule has 0 spiro atoms. The minimum atomic E-state index is -0.215. The van der Waals surface area contributed by atoms with Crippen molar-refractivity contribution in [3.05, 3.63) is 34.6 Å². The summed E-state index contributed by atoms with van der Waals surface area (Å²) in [5, 5.41) is 4.00. The zero-order valence-electron chi connectivity index (χ0n) is 12.2. The SMILES string of the molecule is CCCNC(Cc1ccc(Cl)cc1F)C1CCOC1C. The van der Waals surface area contributed by atoms with Crippen LogP contribution in [0.5, 0.6) is 0 Å². The third-order valence-electron chi connectivity index (χ3n) is 4.06. The fraction of sp³-hybridized carbons (Fsp3) is 0.625. The molecule has 2 nitrogen and oxygen atoms in total. The van der Waals surface area contributed by atoms with Crippen molar-refractivity contribution >= 4 is 11.6 Å². The van der Waals surface area contributed by atoms with Gasteiger partial charge < -0.3 is 10.1 Å². The molecule has 0 amide bonds. The summed E-state index contributed by atoms with van der Waals surface area (Å²) in [6, 6.07) is 5.19. The Morgan fingerprint density at radius 1 is 1.50 bits per heavy atom. The van der Waals surface area contributed by atoms with E-state index in [1.165, 1.54) is 6.07 Å². The number of hydrogen-bond donors (Lipinski definition) is 1. The average Bonchev–Trinajstić information content (AvgIpc) is 2.83. The van der Waals surface area contributed by atoms with Crippen LogP contribution in [0.1, 0.15) is 32.3 Å². The summed E-state index contributed by atoms with van der Waals surface area (Å²) in [5.41, 5.74) is 0.724. The molecule has 3 unspecified atom stereocenters. The summed E-state index contributed by atoms with van der Waals surface area (Å²) >= 11 is 5.81. The number of ether oxygens (including phenoxy) is 1. The Morgan fingerprint density at radius 2 is 2.30 bits per heavy atom. The molecule has 20 heavy (non-hydrogen) atoms. The average molecular weight is 300 g/mol. The van der Waals surface area contributed by atoms with Crippen LogP contribution in [0.15, 0.2) is 18.2 Å². The lowest BCUT2D eigenvalue weighted by Crippen LogP contribution is -2.41. The molecule has 0 saturated carbocycles. The van der Waals surface area contributed by atoms with E-state index in [0.717, 1.165) is 31.6 Å². The molecular formula is C16H23ClFNO. The normalized spacial score (nSPS) is 24.0. The molecule has 1 heterocycles. The van der Waals surface area contributed by atoms with Crippen LogP contribution in [0, 0.1) is 11.7 Å². The molecule has 0 bridgehead atoms. The lowest BCUT2D eigenvalue weighted by Gasteiger charge is -2.27. The second kappa shape index (κ2) is 7.39. The highest BCUT2D eigenvalue weighted by molar-refractivity contribution is 6.30. The molecule has 0 aromatic heterocycles. The van der Waals surface area contributed by atoms with Gasteiger partial charge in [-0.25, -0.2) is 4.39 Å². The van der Waals surface area contributed by atoms with Gasteiger partial charge in [0.15, 0.2) is 0 Å². The van der Waals surface area contributed by atoms with E-state index in [0.29, 0.717) is 17.4 Å². The third-order valence-corrected chi connectivity index (χ3v) is 4.30. The maximum atomic E-state index is 14.0. The van der Waals surface area contributed by atoms with Crippen molar-refractivity contribution in [1.82, 2.24) is 5.32 Å². The van der Waals surface area contributed by atoms with Gasteiger partial charge in [0.05, 0.1) is 6.10 Å². The molecule has 112 valence electrons. The van der Waals surface area contributed by atoms with Crippen LogP contribution in [0.25, 0.3) is 0 Å². The molecule has 0 aliphatic carbocycles. The van der Waals surface area contributed by atoms with Crippen LogP contribution in [0.3, 0.4) is 0 Å². The predicted molar refractivity (Wildman–Crippen MR) is 80.7 cm³/mol. The van der Waals surface area contributed by atoms with Gasteiger partial charge in [-0.15, -0.1) is 0 Å². The quantitative estimate of drug-likeness (QED) is 0.862. The van der Waals surface area contributed by atoms with Crippen molar-refractivity contribution in [3.63, 3.8) is 0 Å². The first-order valence-electron chi connectivity index (χ1n) is 7.40. The first-order chi connectivity index (χ1) is 9.61. The molecule has 1 aliphatic heterocycles. The van der Waals surface area contributed by atoms with Crippen molar-refractivity contribution < 1.29 is 9.13 Å². The van der Waals surface area contributed by atoms with Crippen LogP contribution >= 0.6 is 11.6 Å². The molecule has 1 aromatic carbocycles. The van der Waals surface area contributed by atoms with Crippen LogP contribution in [0.2, 0.25) is 5.02 Å². The fourth-order valence-corrected chi connectivity index (χ4v) is 3.06. The second-order valence-electron chi connectivity index (χ2n) is 5.53. The van der Waals surface area contributed by atoms with Crippen LogP contribution in [-0.4, -0.2) is 25.3 Å². The first-order valence-corrected chi connectivity index (χ1v) is 7.78. The molecule has 1 fully saturated rings. The van der Waals surface area contributed by atoms with E-state index in [4.69, 9.17) is 16.3 Å². The van der Waals surface area contributed by atoms with Crippen molar-refractivity contribution in [2.75, 3.05) is 13.2 Å². The maximum absolute atomic E-state index is 14.0. The van der Waals surface area contributed by atoms with E-state index in [-0.39, 0.29) is 18.0 Å². The third kappa shape index (κ3) is 3.94. The molecule has 1 aromatic rings. The number of rotatable bonds is 6. The highest BCUT2D eigenvalue weighted by atomic mass is 35.5. The highest BCUT2D eigenvalue weighted by Crippen LogP contribution is 2.27. The number of benzene rings is 1.